The number of hydrogen-bond acceptors (Lipinski definition) is 4. The van der Waals surface area contributed by atoms with Gasteiger partial charge in [0, 0.05) is 0 Å². The first-order chi connectivity index (χ1) is 8.98. The zero-order chi connectivity index (χ0) is 13.9. The Morgan fingerprint density at radius 3 is 2.89 bits per heavy atom. The molecule has 19 heavy (non-hydrogen) atoms. The smallest absolute Gasteiger partial charge is 0.329 e. The van der Waals surface area contributed by atoms with Crippen molar-refractivity contribution in [3.05, 3.63) is 24.2 Å². The maximum absolute atomic E-state index is 11.7. The summed E-state index contributed by atoms with van der Waals surface area (Å²) < 4.78 is 10.3. The van der Waals surface area contributed by atoms with Crippen LogP contribution in [-0.2, 0) is 16.1 Å². The van der Waals surface area contributed by atoms with Gasteiger partial charge < -0.3 is 24.5 Å². The summed E-state index contributed by atoms with van der Waals surface area (Å²) in [5.41, 5.74) is -0.569. The predicted molar refractivity (Wildman–Crippen MR) is 64.5 cm³/mol. The van der Waals surface area contributed by atoms with Crippen LogP contribution in [0.15, 0.2) is 22.8 Å². The van der Waals surface area contributed by atoms with Crippen molar-refractivity contribution in [2.24, 2.45) is 0 Å². The second kappa shape index (κ2) is 5.31. The second-order valence-corrected chi connectivity index (χ2v) is 4.73. The first-order valence-corrected chi connectivity index (χ1v) is 5.89. The largest absolute Gasteiger partial charge is 0.480 e. The normalized spacial score (nSPS) is 16.8. The van der Waals surface area contributed by atoms with Crippen LogP contribution in [0.25, 0.3) is 0 Å². The summed E-state index contributed by atoms with van der Waals surface area (Å²) in [5.74, 6) is -0.333. The van der Waals surface area contributed by atoms with E-state index in [1.165, 1.54) is 0 Å². The van der Waals surface area contributed by atoms with Crippen LogP contribution in [0.2, 0.25) is 0 Å². The van der Waals surface area contributed by atoms with E-state index in [1.54, 1.807) is 30.2 Å². The highest BCUT2D eigenvalue weighted by atomic mass is 16.5. The number of urea groups is 1. The third-order valence-electron chi connectivity index (χ3n) is 2.88. The standard InChI is InChI=1S/C12H16N2O5/c1-12(19-6-10(15)16)7-14(8-12)11(17)13-5-9-3-2-4-18-9/h2-4H,5-8H2,1H3,(H,13,17)(H,15,16). The molecule has 2 rings (SSSR count). The summed E-state index contributed by atoms with van der Waals surface area (Å²) >= 11 is 0. The van der Waals surface area contributed by atoms with E-state index in [9.17, 15) is 9.59 Å². The highest BCUT2D eigenvalue weighted by molar-refractivity contribution is 5.75. The van der Waals surface area contributed by atoms with Crippen molar-refractivity contribution < 1.29 is 23.8 Å². The van der Waals surface area contributed by atoms with Crippen molar-refractivity contribution in [1.29, 1.82) is 0 Å². The minimum Gasteiger partial charge on any atom is -0.480 e. The van der Waals surface area contributed by atoms with E-state index in [-0.39, 0.29) is 12.6 Å². The van der Waals surface area contributed by atoms with Crippen molar-refractivity contribution >= 4 is 12.0 Å². The summed E-state index contributed by atoms with van der Waals surface area (Å²) in [6, 6.07) is 3.31. The van der Waals surface area contributed by atoms with Crippen LogP contribution < -0.4 is 5.32 Å². The summed E-state index contributed by atoms with van der Waals surface area (Å²) in [4.78, 5) is 23.7. The molecule has 104 valence electrons. The summed E-state index contributed by atoms with van der Waals surface area (Å²) in [5, 5.41) is 11.2. The number of hydrogen-bond donors (Lipinski definition) is 2. The fraction of sp³-hybridized carbons (Fsp3) is 0.500. The molecule has 0 atom stereocenters. The Kier molecular flexibility index (Phi) is 3.75. The van der Waals surface area contributed by atoms with Gasteiger partial charge in [0.15, 0.2) is 0 Å². The van der Waals surface area contributed by atoms with E-state index in [2.05, 4.69) is 5.32 Å². The molecular formula is C12H16N2O5. The van der Waals surface area contributed by atoms with E-state index in [1.807, 2.05) is 0 Å². The van der Waals surface area contributed by atoms with Gasteiger partial charge >= 0.3 is 12.0 Å². The highest BCUT2D eigenvalue weighted by Crippen LogP contribution is 2.24. The van der Waals surface area contributed by atoms with Gasteiger partial charge in [-0.1, -0.05) is 0 Å². The van der Waals surface area contributed by atoms with Crippen molar-refractivity contribution in [1.82, 2.24) is 10.2 Å². The zero-order valence-electron chi connectivity index (χ0n) is 10.6. The Bertz CT molecular complexity index is 451. The number of carboxylic acids is 1. The third kappa shape index (κ3) is 3.47. The number of rotatable bonds is 5. The molecule has 1 aromatic rings. The van der Waals surface area contributed by atoms with Crippen LogP contribution in [0.3, 0.4) is 0 Å². The molecule has 0 bridgehead atoms. The lowest BCUT2D eigenvalue weighted by molar-refractivity contribution is -0.159. The van der Waals surface area contributed by atoms with Gasteiger partial charge in [-0.15, -0.1) is 0 Å². The minimum absolute atomic E-state index is 0.215. The topological polar surface area (TPSA) is 92.0 Å². The fourth-order valence-corrected chi connectivity index (χ4v) is 1.92. The van der Waals surface area contributed by atoms with Crippen LogP contribution in [0.4, 0.5) is 4.79 Å². The average Bonchev–Trinajstić information content (AvgIpc) is 2.83. The lowest BCUT2D eigenvalue weighted by atomic mass is 9.97. The molecule has 2 heterocycles. The maximum atomic E-state index is 11.7. The number of aliphatic carboxylic acids is 1. The lowest BCUT2D eigenvalue weighted by Crippen LogP contribution is -2.65. The molecule has 0 radical (unpaired) electrons. The van der Waals surface area contributed by atoms with E-state index in [0.717, 1.165) is 0 Å². The Morgan fingerprint density at radius 1 is 1.58 bits per heavy atom. The van der Waals surface area contributed by atoms with Crippen molar-refractivity contribution in [2.45, 2.75) is 19.1 Å². The fourth-order valence-electron chi connectivity index (χ4n) is 1.92. The molecule has 7 nitrogen and oxygen atoms in total. The molecule has 1 aliphatic rings. The molecule has 0 spiro atoms. The zero-order valence-corrected chi connectivity index (χ0v) is 10.6. The number of ether oxygens (including phenoxy) is 1. The Hall–Kier alpha value is -2.02. The number of carboxylic acid groups (broad SMARTS) is 1. The van der Waals surface area contributed by atoms with Gasteiger partial charge in [0.2, 0.25) is 0 Å². The summed E-state index contributed by atoms with van der Waals surface area (Å²) in [6.07, 6.45) is 1.54. The van der Waals surface area contributed by atoms with Gasteiger partial charge in [-0.2, -0.15) is 0 Å². The summed E-state index contributed by atoms with van der Waals surface area (Å²) in [7, 11) is 0. The van der Waals surface area contributed by atoms with E-state index < -0.39 is 11.6 Å². The van der Waals surface area contributed by atoms with Gasteiger partial charge in [-0.3, -0.25) is 0 Å². The number of carbonyl (C=O) groups excluding carboxylic acids is 1. The SMILES string of the molecule is CC1(OCC(=O)O)CN(C(=O)NCc2ccco2)C1. The monoisotopic (exact) mass is 268 g/mol. The molecular weight excluding hydrogens is 252 g/mol. The van der Waals surface area contributed by atoms with Crippen LogP contribution >= 0.6 is 0 Å². The average molecular weight is 268 g/mol. The molecule has 7 heteroatoms. The van der Waals surface area contributed by atoms with Crippen molar-refractivity contribution in [3.63, 3.8) is 0 Å². The Labute approximate surface area is 110 Å². The van der Waals surface area contributed by atoms with Crippen LogP contribution in [-0.4, -0.2) is 47.3 Å². The van der Waals surface area contributed by atoms with Crippen LogP contribution in [0.1, 0.15) is 12.7 Å². The van der Waals surface area contributed by atoms with E-state index in [4.69, 9.17) is 14.3 Å². The molecule has 2 amide bonds. The quantitative estimate of drug-likeness (QED) is 0.818. The van der Waals surface area contributed by atoms with Crippen molar-refractivity contribution in [3.8, 4) is 0 Å². The molecule has 0 aromatic carbocycles. The molecule has 0 unspecified atom stereocenters. The van der Waals surface area contributed by atoms with Crippen LogP contribution in [0.5, 0.6) is 0 Å². The van der Waals surface area contributed by atoms with Crippen molar-refractivity contribution in [2.75, 3.05) is 19.7 Å². The maximum Gasteiger partial charge on any atom is 0.329 e. The van der Waals surface area contributed by atoms with Crippen LogP contribution in [0, 0.1) is 0 Å². The lowest BCUT2D eigenvalue weighted by Gasteiger charge is -2.46. The second-order valence-electron chi connectivity index (χ2n) is 4.73. The predicted octanol–water partition coefficient (Wildman–Crippen LogP) is 0.665. The summed E-state index contributed by atoms with van der Waals surface area (Å²) in [6.45, 7) is 2.52. The third-order valence-corrected chi connectivity index (χ3v) is 2.88. The molecule has 1 fully saturated rings. The first-order valence-electron chi connectivity index (χ1n) is 5.89. The number of furan rings is 1. The molecule has 0 saturated carbocycles. The van der Waals surface area contributed by atoms with Gasteiger partial charge in [-0.25, -0.2) is 9.59 Å². The first kappa shape index (κ1) is 13.4. The number of amides is 2. The molecule has 0 aliphatic carbocycles. The van der Waals surface area contributed by atoms with Gasteiger partial charge in [0.05, 0.1) is 25.9 Å². The Morgan fingerprint density at radius 2 is 2.32 bits per heavy atom. The Balaban J connectivity index is 1.70. The minimum atomic E-state index is -1.01. The number of likely N-dealkylation sites (tertiary alicyclic amines) is 1. The van der Waals surface area contributed by atoms with E-state index in [0.29, 0.717) is 25.4 Å². The van der Waals surface area contributed by atoms with Gasteiger partial charge in [-0.05, 0) is 19.1 Å². The number of nitrogens with zero attached hydrogens (tertiary/aromatic N) is 1. The molecule has 1 saturated heterocycles. The van der Waals surface area contributed by atoms with Gasteiger partial charge in [0.1, 0.15) is 18.0 Å². The highest BCUT2D eigenvalue weighted by Gasteiger charge is 2.42. The van der Waals surface area contributed by atoms with E-state index >= 15 is 0 Å². The number of carbonyl (C=O) groups is 2. The van der Waals surface area contributed by atoms with Gasteiger partial charge in [0.25, 0.3) is 0 Å². The molecule has 1 aromatic heterocycles. The number of nitrogens with one attached hydrogen (secondary N) is 1. The molecule has 2 N–H and O–H groups in total. The molecule has 1 aliphatic heterocycles.